The van der Waals surface area contributed by atoms with Gasteiger partial charge in [-0.2, -0.15) is 10.2 Å². The average Bonchev–Trinajstić information content (AvgIpc) is 2.63. The van der Waals surface area contributed by atoms with Crippen molar-refractivity contribution < 1.29 is 13.9 Å². The first kappa shape index (κ1) is 20.8. The Morgan fingerprint density at radius 1 is 1.48 bits per heavy atom. The summed E-state index contributed by atoms with van der Waals surface area (Å²) < 4.78 is 19.8. The third-order valence-electron chi connectivity index (χ3n) is 4.39. The molecular weight excluding hydrogens is 403 g/mol. The minimum Gasteiger partial charge on any atom is -0.444 e. The van der Waals surface area contributed by atoms with E-state index in [4.69, 9.17) is 16.3 Å². The van der Waals surface area contributed by atoms with Gasteiger partial charge in [0.2, 0.25) is 0 Å². The fourth-order valence-electron chi connectivity index (χ4n) is 3.18. The van der Waals surface area contributed by atoms with Crippen molar-refractivity contribution in [3.8, 4) is 6.07 Å². The van der Waals surface area contributed by atoms with Crippen LogP contribution in [-0.4, -0.2) is 57.2 Å². The molecule has 1 atom stereocenters. The number of amides is 1. The zero-order chi connectivity index (χ0) is 21.3. The Morgan fingerprint density at radius 2 is 2.21 bits per heavy atom. The van der Waals surface area contributed by atoms with Gasteiger partial charge in [0.25, 0.3) is 0 Å². The largest absolute Gasteiger partial charge is 0.444 e. The van der Waals surface area contributed by atoms with E-state index in [0.717, 1.165) is 0 Å². The maximum Gasteiger partial charge on any atom is 0.410 e. The van der Waals surface area contributed by atoms with Gasteiger partial charge in [0.1, 0.15) is 11.4 Å². The van der Waals surface area contributed by atoms with Crippen LogP contribution in [0.25, 0.3) is 10.9 Å². The zero-order valence-corrected chi connectivity index (χ0v) is 17.0. The molecule has 0 saturated carbocycles. The highest BCUT2D eigenvalue weighted by Crippen LogP contribution is 2.28. The van der Waals surface area contributed by atoms with Crippen molar-refractivity contribution in [2.45, 2.75) is 38.8 Å². The van der Waals surface area contributed by atoms with E-state index in [1.807, 2.05) is 0 Å². The van der Waals surface area contributed by atoms with Crippen molar-refractivity contribution in [3.05, 3.63) is 27.7 Å². The molecule has 1 amide bonds. The zero-order valence-electron chi connectivity index (χ0n) is 16.2. The summed E-state index contributed by atoms with van der Waals surface area (Å²) in [5, 5.41) is 9.12. The molecule has 0 aliphatic carbocycles. The van der Waals surface area contributed by atoms with Crippen LogP contribution in [0.4, 0.5) is 15.0 Å². The van der Waals surface area contributed by atoms with E-state index < -0.39 is 29.2 Å². The Kier molecular flexibility index (Phi) is 5.61. The molecular formula is C18H20ClFN6O3. The summed E-state index contributed by atoms with van der Waals surface area (Å²) in [6.07, 6.45) is 0.883. The molecule has 0 bridgehead atoms. The first-order valence-corrected chi connectivity index (χ1v) is 9.34. The number of aromatic amines is 1. The number of halogens is 2. The maximum atomic E-state index is 14.3. The Morgan fingerprint density at radius 3 is 2.86 bits per heavy atom. The molecule has 11 heteroatoms. The van der Waals surface area contributed by atoms with Crippen molar-refractivity contribution >= 4 is 34.4 Å². The number of aromatic nitrogens is 3. The van der Waals surface area contributed by atoms with Crippen molar-refractivity contribution in [3.63, 3.8) is 0 Å². The molecule has 9 nitrogen and oxygen atoms in total. The quantitative estimate of drug-likeness (QED) is 0.739. The van der Waals surface area contributed by atoms with Gasteiger partial charge < -0.3 is 19.5 Å². The number of anilines is 1. The Labute approximate surface area is 171 Å². The number of nitrogens with zero attached hydrogens (tertiary/aromatic N) is 5. The molecule has 3 rings (SSSR count). The van der Waals surface area contributed by atoms with Gasteiger partial charge in [-0.15, -0.1) is 0 Å². The van der Waals surface area contributed by atoms with Crippen LogP contribution in [0.3, 0.4) is 0 Å². The highest BCUT2D eigenvalue weighted by atomic mass is 35.5. The number of fused-ring (bicyclic) bond motifs is 1. The number of rotatable bonds is 2. The third-order valence-corrected chi connectivity index (χ3v) is 4.66. The number of hydrogen-bond donors (Lipinski definition) is 1. The molecule has 2 aromatic rings. The summed E-state index contributed by atoms with van der Waals surface area (Å²) in [5.41, 5.74) is -1.50. The number of hydrogen-bond acceptors (Lipinski definition) is 7. The Bertz CT molecular complexity index is 1040. The van der Waals surface area contributed by atoms with Gasteiger partial charge in [0.05, 0.1) is 29.4 Å². The number of H-pyrrole nitrogens is 1. The topological polar surface area (TPSA) is 115 Å². The molecule has 1 saturated heterocycles. The normalized spacial score (nSPS) is 17.3. The summed E-state index contributed by atoms with van der Waals surface area (Å²) in [5.74, 6) is -0.621. The fourth-order valence-corrected chi connectivity index (χ4v) is 3.32. The predicted octanol–water partition coefficient (Wildman–Crippen LogP) is 2.45. The lowest BCUT2D eigenvalue weighted by atomic mass is 10.1. The lowest BCUT2D eigenvalue weighted by Crippen LogP contribution is -2.56. The molecule has 0 unspecified atom stereocenters. The number of carbonyl (C=O) groups excluding carboxylic acids is 1. The highest BCUT2D eigenvalue weighted by Gasteiger charge is 2.34. The third kappa shape index (κ3) is 4.40. The number of carbonyl (C=O) groups is 1. The van der Waals surface area contributed by atoms with E-state index in [9.17, 15) is 19.2 Å². The number of piperazine rings is 1. The van der Waals surface area contributed by atoms with E-state index in [2.05, 4.69) is 21.0 Å². The summed E-state index contributed by atoms with van der Waals surface area (Å²) >= 11 is 5.71. The van der Waals surface area contributed by atoms with Crippen LogP contribution in [-0.2, 0) is 4.74 Å². The highest BCUT2D eigenvalue weighted by molar-refractivity contribution is 6.30. The second kappa shape index (κ2) is 7.83. The Balaban J connectivity index is 1.94. The molecule has 29 heavy (non-hydrogen) atoms. The minimum atomic E-state index is -0.842. The van der Waals surface area contributed by atoms with Crippen molar-refractivity contribution in [1.82, 2.24) is 19.9 Å². The van der Waals surface area contributed by atoms with Gasteiger partial charge in [-0.05, 0) is 20.8 Å². The van der Waals surface area contributed by atoms with Crippen LogP contribution in [0.2, 0.25) is 5.15 Å². The van der Waals surface area contributed by atoms with E-state index in [1.54, 1.807) is 25.7 Å². The molecule has 0 aromatic carbocycles. The molecule has 154 valence electrons. The van der Waals surface area contributed by atoms with Crippen LogP contribution < -0.4 is 10.6 Å². The monoisotopic (exact) mass is 422 g/mol. The molecule has 0 radical (unpaired) electrons. The second-order valence-corrected chi connectivity index (χ2v) is 8.01. The van der Waals surface area contributed by atoms with E-state index >= 15 is 0 Å². The van der Waals surface area contributed by atoms with Crippen LogP contribution in [0.15, 0.2) is 11.0 Å². The molecule has 3 heterocycles. The van der Waals surface area contributed by atoms with Crippen LogP contribution in [0, 0.1) is 17.1 Å². The molecule has 1 fully saturated rings. The maximum absolute atomic E-state index is 14.3. The van der Waals surface area contributed by atoms with E-state index in [-0.39, 0.29) is 41.4 Å². The van der Waals surface area contributed by atoms with Gasteiger partial charge in [-0.25, -0.2) is 19.0 Å². The predicted molar refractivity (Wildman–Crippen MR) is 104 cm³/mol. The van der Waals surface area contributed by atoms with Crippen molar-refractivity contribution in [2.75, 3.05) is 24.5 Å². The van der Waals surface area contributed by atoms with Gasteiger partial charge in [0, 0.05) is 25.8 Å². The number of nitriles is 1. The summed E-state index contributed by atoms with van der Waals surface area (Å²) in [7, 11) is 0. The second-order valence-electron chi connectivity index (χ2n) is 7.65. The van der Waals surface area contributed by atoms with E-state index in [0.29, 0.717) is 6.54 Å². The lowest BCUT2D eigenvalue weighted by Gasteiger charge is -2.41. The SMILES string of the molecule is CC(C)(C)OC(=O)N1CCN(c2nc(=O)[nH]c3c(F)c(Cl)ncc23)C[C@@H]1CC#N. The number of pyridine rings is 1. The lowest BCUT2D eigenvalue weighted by molar-refractivity contribution is 0.0145. The average molecular weight is 423 g/mol. The molecule has 2 aromatic heterocycles. The smallest absolute Gasteiger partial charge is 0.410 e. The molecule has 1 N–H and O–H groups in total. The summed E-state index contributed by atoms with van der Waals surface area (Å²) in [6, 6.07) is 1.59. The summed E-state index contributed by atoms with van der Waals surface area (Å²) in [6.45, 7) is 6.08. The minimum absolute atomic E-state index is 0.0648. The van der Waals surface area contributed by atoms with Gasteiger partial charge >= 0.3 is 11.8 Å². The standard InChI is InChI=1S/C18H20ClFN6O3/c1-18(2,3)29-17(28)26-7-6-25(9-10(26)4-5-21)15-11-8-22-14(19)12(20)13(11)23-16(27)24-15/h8,10H,4,6-7,9H2,1-3H3,(H,23,24,27)/t10-/m0/s1. The van der Waals surface area contributed by atoms with Gasteiger partial charge in [-0.1, -0.05) is 11.6 Å². The number of nitrogens with one attached hydrogen (secondary N) is 1. The molecule has 0 spiro atoms. The first-order chi connectivity index (χ1) is 13.6. The first-order valence-electron chi connectivity index (χ1n) is 8.96. The van der Waals surface area contributed by atoms with Crippen molar-refractivity contribution in [2.24, 2.45) is 0 Å². The summed E-state index contributed by atoms with van der Waals surface area (Å²) in [4.78, 5) is 37.8. The van der Waals surface area contributed by atoms with Crippen LogP contribution in [0.1, 0.15) is 27.2 Å². The van der Waals surface area contributed by atoms with Gasteiger partial charge in [0.15, 0.2) is 11.0 Å². The van der Waals surface area contributed by atoms with E-state index in [1.165, 1.54) is 11.1 Å². The number of ether oxygens (including phenoxy) is 1. The van der Waals surface area contributed by atoms with Crippen LogP contribution >= 0.6 is 11.6 Å². The van der Waals surface area contributed by atoms with Crippen molar-refractivity contribution in [1.29, 1.82) is 5.26 Å². The molecule has 1 aliphatic heterocycles. The Hall–Kier alpha value is -2.93. The van der Waals surface area contributed by atoms with Crippen LogP contribution in [0.5, 0.6) is 0 Å². The fraction of sp³-hybridized carbons (Fsp3) is 0.500. The van der Waals surface area contributed by atoms with Gasteiger partial charge in [-0.3, -0.25) is 0 Å². The molecule has 1 aliphatic rings.